The van der Waals surface area contributed by atoms with Gasteiger partial charge in [0.05, 0.1) is 18.1 Å². The second-order valence-electron chi connectivity index (χ2n) is 3.50. The molecule has 1 amide bonds. The molecule has 0 aliphatic rings. The average molecular weight is 246 g/mol. The number of amides is 1. The summed E-state index contributed by atoms with van der Waals surface area (Å²) in [5.41, 5.74) is 1.08. The van der Waals surface area contributed by atoms with Gasteiger partial charge >= 0.3 is 0 Å². The highest BCUT2D eigenvalue weighted by molar-refractivity contribution is 6.02. The minimum absolute atomic E-state index is 0.264. The van der Waals surface area contributed by atoms with Gasteiger partial charge in [0.15, 0.2) is 0 Å². The van der Waals surface area contributed by atoms with Gasteiger partial charge in [-0.3, -0.25) is 4.79 Å². The molecule has 0 aliphatic carbocycles. The minimum atomic E-state index is -0.454. The van der Waals surface area contributed by atoms with E-state index in [1.165, 1.54) is 12.1 Å². The lowest BCUT2D eigenvalue weighted by Gasteiger charge is -2.04. The molecule has 2 heterocycles. The first-order chi connectivity index (χ1) is 8.69. The number of nitrogens with one attached hydrogen (secondary N) is 2. The van der Waals surface area contributed by atoms with Crippen LogP contribution in [0.5, 0.6) is 0 Å². The lowest BCUT2D eigenvalue weighted by atomic mass is 10.3. The van der Waals surface area contributed by atoms with Crippen LogP contribution in [-0.4, -0.2) is 22.9 Å². The van der Waals surface area contributed by atoms with Crippen LogP contribution in [0.2, 0.25) is 0 Å². The summed E-state index contributed by atoms with van der Waals surface area (Å²) in [7, 11) is 1.76. The van der Waals surface area contributed by atoms with E-state index in [9.17, 15) is 9.18 Å². The molecule has 0 aliphatic heterocycles. The van der Waals surface area contributed by atoms with E-state index < -0.39 is 11.7 Å². The molecule has 0 unspecified atom stereocenters. The number of nitrogens with zero attached hydrogens (tertiary/aromatic N) is 2. The molecule has 18 heavy (non-hydrogen) atoms. The number of carbonyl (C=O) groups excluding carboxylic acids is 1. The van der Waals surface area contributed by atoms with E-state index in [0.29, 0.717) is 0 Å². The molecule has 92 valence electrons. The van der Waals surface area contributed by atoms with E-state index >= 15 is 0 Å². The maximum atomic E-state index is 12.6. The van der Waals surface area contributed by atoms with Crippen molar-refractivity contribution in [2.45, 2.75) is 0 Å². The standard InChI is InChI=1S/C12H11FN4O/c1-14-9-3-4-10(15-7-9)12(18)17-11-5-2-8(13)6-16-11/h2-7,14H,1H3,(H,16,17,18). The van der Waals surface area contributed by atoms with Gasteiger partial charge in [0.25, 0.3) is 5.91 Å². The number of pyridine rings is 2. The van der Waals surface area contributed by atoms with Gasteiger partial charge in [-0.25, -0.2) is 14.4 Å². The number of hydrogen-bond donors (Lipinski definition) is 2. The van der Waals surface area contributed by atoms with Crippen LogP contribution in [0.1, 0.15) is 10.5 Å². The van der Waals surface area contributed by atoms with E-state index in [0.717, 1.165) is 11.9 Å². The third-order valence-corrected chi connectivity index (χ3v) is 2.25. The zero-order chi connectivity index (χ0) is 13.0. The Hall–Kier alpha value is -2.50. The Morgan fingerprint density at radius 1 is 1.17 bits per heavy atom. The molecule has 2 rings (SSSR count). The molecular formula is C12H11FN4O. The first-order valence-corrected chi connectivity index (χ1v) is 5.26. The van der Waals surface area contributed by atoms with Crippen LogP contribution in [0.4, 0.5) is 15.9 Å². The molecule has 5 nitrogen and oxygen atoms in total. The Kier molecular flexibility index (Phi) is 3.47. The molecule has 0 bridgehead atoms. The maximum Gasteiger partial charge on any atom is 0.275 e. The largest absolute Gasteiger partial charge is 0.387 e. The monoisotopic (exact) mass is 246 g/mol. The second-order valence-corrected chi connectivity index (χ2v) is 3.50. The average Bonchev–Trinajstić information content (AvgIpc) is 2.41. The van der Waals surface area contributed by atoms with Gasteiger partial charge in [-0.1, -0.05) is 0 Å². The number of halogens is 1. The topological polar surface area (TPSA) is 66.9 Å². The predicted octanol–water partition coefficient (Wildman–Crippen LogP) is 1.91. The summed E-state index contributed by atoms with van der Waals surface area (Å²) in [6.45, 7) is 0. The molecule has 2 aromatic heterocycles. The highest BCUT2D eigenvalue weighted by Crippen LogP contribution is 2.08. The van der Waals surface area contributed by atoms with Gasteiger partial charge in [0, 0.05) is 7.05 Å². The van der Waals surface area contributed by atoms with E-state index in [1.54, 1.807) is 25.4 Å². The first-order valence-electron chi connectivity index (χ1n) is 5.26. The van der Waals surface area contributed by atoms with Gasteiger partial charge in [-0.2, -0.15) is 0 Å². The van der Waals surface area contributed by atoms with Crippen LogP contribution in [0.15, 0.2) is 36.7 Å². The molecule has 0 spiro atoms. The molecule has 2 N–H and O–H groups in total. The van der Waals surface area contributed by atoms with Crippen LogP contribution in [0.3, 0.4) is 0 Å². The van der Waals surface area contributed by atoms with Crippen molar-refractivity contribution in [1.29, 1.82) is 0 Å². The van der Waals surface area contributed by atoms with Crippen molar-refractivity contribution in [1.82, 2.24) is 9.97 Å². The van der Waals surface area contributed by atoms with Gasteiger partial charge in [0.1, 0.15) is 17.3 Å². The minimum Gasteiger partial charge on any atom is -0.387 e. The van der Waals surface area contributed by atoms with Crippen molar-refractivity contribution < 1.29 is 9.18 Å². The Morgan fingerprint density at radius 3 is 2.56 bits per heavy atom. The van der Waals surface area contributed by atoms with E-state index in [2.05, 4.69) is 20.6 Å². The molecule has 2 aromatic rings. The Labute approximate surface area is 103 Å². The van der Waals surface area contributed by atoms with Crippen LogP contribution in [-0.2, 0) is 0 Å². The SMILES string of the molecule is CNc1ccc(C(=O)Nc2ccc(F)cn2)nc1. The van der Waals surface area contributed by atoms with Crippen molar-refractivity contribution in [2.24, 2.45) is 0 Å². The zero-order valence-corrected chi connectivity index (χ0v) is 9.64. The third-order valence-electron chi connectivity index (χ3n) is 2.25. The van der Waals surface area contributed by atoms with Gasteiger partial charge in [-0.05, 0) is 24.3 Å². The zero-order valence-electron chi connectivity index (χ0n) is 9.64. The van der Waals surface area contributed by atoms with Gasteiger partial charge in [0.2, 0.25) is 0 Å². The fourth-order valence-corrected chi connectivity index (χ4v) is 1.31. The predicted molar refractivity (Wildman–Crippen MR) is 65.9 cm³/mol. The lowest BCUT2D eigenvalue weighted by molar-refractivity contribution is 0.102. The number of hydrogen-bond acceptors (Lipinski definition) is 4. The van der Waals surface area contributed by atoms with Crippen molar-refractivity contribution >= 4 is 17.4 Å². The summed E-state index contributed by atoms with van der Waals surface area (Å²) < 4.78 is 12.6. The first kappa shape index (κ1) is 12.0. The van der Waals surface area contributed by atoms with Crippen molar-refractivity contribution in [2.75, 3.05) is 17.7 Å². The lowest BCUT2D eigenvalue weighted by Crippen LogP contribution is -2.14. The summed E-state index contributed by atoms with van der Waals surface area (Å²) in [6.07, 6.45) is 2.58. The fourth-order valence-electron chi connectivity index (χ4n) is 1.31. The van der Waals surface area contributed by atoms with Crippen molar-refractivity contribution in [3.05, 3.63) is 48.2 Å². The molecule has 0 aromatic carbocycles. The van der Waals surface area contributed by atoms with Crippen LogP contribution < -0.4 is 10.6 Å². The van der Waals surface area contributed by atoms with Crippen molar-refractivity contribution in [3.8, 4) is 0 Å². The number of anilines is 2. The highest BCUT2D eigenvalue weighted by Gasteiger charge is 2.08. The molecule has 0 atom stereocenters. The normalized spacial score (nSPS) is 9.89. The van der Waals surface area contributed by atoms with Crippen LogP contribution in [0.25, 0.3) is 0 Å². The van der Waals surface area contributed by atoms with Gasteiger partial charge < -0.3 is 10.6 Å². The number of aromatic nitrogens is 2. The Balaban J connectivity index is 2.09. The maximum absolute atomic E-state index is 12.6. The Bertz CT molecular complexity index is 539. The molecular weight excluding hydrogens is 235 g/mol. The third kappa shape index (κ3) is 2.79. The second kappa shape index (κ2) is 5.22. The summed E-state index contributed by atoms with van der Waals surface area (Å²) >= 11 is 0. The van der Waals surface area contributed by atoms with E-state index in [1.807, 2.05) is 0 Å². The fraction of sp³-hybridized carbons (Fsp3) is 0.0833. The summed E-state index contributed by atoms with van der Waals surface area (Å²) in [5, 5.41) is 5.42. The summed E-state index contributed by atoms with van der Waals surface area (Å²) in [4.78, 5) is 19.5. The van der Waals surface area contributed by atoms with Crippen molar-refractivity contribution in [3.63, 3.8) is 0 Å². The Morgan fingerprint density at radius 2 is 2.00 bits per heavy atom. The van der Waals surface area contributed by atoms with E-state index in [-0.39, 0.29) is 11.5 Å². The van der Waals surface area contributed by atoms with Crippen LogP contribution in [0, 0.1) is 5.82 Å². The summed E-state index contributed by atoms with van der Waals surface area (Å²) in [6, 6.07) is 5.93. The van der Waals surface area contributed by atoms with Crippen LogP contribution >= 0.6 is 0 Å². The highest BCUT2D eigenvalue weighted by atomic mass is 19.1. The number of rotatable bonds is 3. The smallest absolute Gasteiger partial charge is 0.275 e. The van der Waals surface area contributed by atoms with E-state index in [4.69, 9.17) is 0 Å². The number of carbonyl (C=O) groups is 1. The molecule has 0 fully saturated rings. The molecule has 0 saturated heterocycles. The molecule has 0 radical (unpaired) electrons. The molecule has 6 heteroatoms. The summed E-state index contributed by atoms with van der Waals surface area (Å²) in [5.74, 6) is -0.567. The van der Waals surface area contributed by atoms with Gasteiger partial charge in [-0.15, -0.1) is 0 Å². The quantitative estimate of drug-likeness (QED) is 0.868. The molecule has 0 saturated carbocycles.